The van der Waals surface area contributed by atoms with Crippen LogP contribution in [0.5, 0.6) is 5.75 Å². The fraction of sp³-hybridized carbons (Fsp3) is 0.176. The summed E-state index contributed by atoms with van der Waals surface area (Å²) < 4.78 is 5.13. The number of nitrogens with one attached hydrogen (secondary N) is 1. The first kappa shape index (κ1) is 16.8. The number of anilines is 1. The first-order valence-electron chi connectivity index (χ1n) is 6.95. The minimum atomic E-state index is -1.12. The van der Waals surface area contributed by atoms with E-state index in [9.17, 15) is 9.59 Å². The van der Waals surface area contributed by atoms with Gasteiger partial charge < -0.3 is 15.2 Å². The van der Waals surface area contributed by atoms with Gasteiger partial charge in [-0.3, -0.25) is 4.79 Å². The van der Waals surface area contributed by atoms with Crippen molar-refractivity contribution in [2.45, 2.75) is 12.8 Å². The van der Waals surface area contributed by atoms with E-state index >= 15 is 0 Å². The van der Waals surface area contributed by atoms with E-state index in [0.717, 1.165) is 11.3 Å². The molecule has 0 aliphatic rings. The van der Waals surface area contributed by atoms with Crippen molar-refractivity contribution in [3.05, 3.63) is 58.6 Å². The summed E-state index contributed by atoms with van der Waals surface area (Å²) in [6, 6.07) is 11.7. The summed E-state index contributed by atoms with van der Waals surface area (Å²) in [6.07, 6.45) is 0.741. The van der Waals surface area contributed by atoms with Crippen LogP contribution in [0, 0.1) is 0 Å². The number of hydrogen-bond acceptors (Lipinski definition) is 3. The summed E-state index contributed by atoms with van der Waals surface area (Å²) in [6.45, 7) is 0. The second-order valence-electron chi connectivity index (χ2n) is 4.89. The molecule has 0 radical (unpaired) electrons. The number of aromatic carboxylic acids is 1. The molecule has 1 amide bonds. The molecular weight excluding hydrogens is 318 g/mol. The van der Waals surface area contributed by atoms with E-state index in [1.54, 1.807) is 7.11 Å². The minimum absolute atomic E-state index is 0.00382. The maximum absolute atomic E-state index is 12.0. The molecule has 23 heavy (non-hydrogen) atoms. The van der Waals surface area contributed by atoms with Crippen LogP contribution in [-0.2, 0) is 11.2 Å². The van der Waals surface area contributed by atoms with Gasteiger partial charge in [0.2, 0.25) is 5.91 Å². The van der Waals surface area contributed by atoms with E-state index in [0.29, 0.717) is 11.4 Å². The Kier molecular flexibility index (Phi) is 5.60. The summed E-state index contributed by atoms with van der Waals surface area (Å²) in [5.74, 6) is -0.673. The number of ether oxygens (including phenoxy) is 1. The van der Waals surface area contributed by atoms with Gasteiger partial charge in [0.15, 0.2) is 0 Å². The molecule has 0 saturated heterocycles. The van der Waals surface area contributed by atoms with Crippen molar-refractivity contribution in [2.75, 3.05) is 12.4 Å². The van der Waals surface area contributed by atoms with Crippen LogP contribution in [0.15, 0.2) is 42.5 Å². The molecule has 0 saturated carbocycles. The van der Waals surface area contributed by atoms with Gasteiger partial charge in [0.05, 0.1) is 18.4 Å². The van der Waals surface area contributed by atoms with Gasteiger partial charge in [-0.15, -0.1) is 0 Å². The Bertz CT molecular complexity index is 730. The van der Waals surface area contributed by atoms with Crippen LogP contribution in [0.1, 0.15) is 22.3 Å². The van der Waals surface area contributed by atoms with Gasteiger partial charge in [0.25, 0.3) is 0 Å². The van der Waals surface area contributed by atoms with Gasteiger partial charge in [0, 0.05) is 11.4 Å². The number of hydrogen-bond donors (Lipinski definition) is 2. The quantitative estimate of drug-likeness (QED) is 0.846. The maximum atomic E-state index is 12.0. The zero-order valence-electron chi connectivity index (χ0n) is 12.5. The van der Waals surface area contributed by atoms with Crippen LogP contribution >= 0.6 is 11.6 Å². The number of carboxylic acid groups (broad SMARTS) is 1. The Hall–Kier alpha value is -2.53. The molecule has 0 aliphatic heterocycles. The van der Waals surface area contributed by atoms with E-state index in [4.69, 9.17) is 21.4 Å². The van der Waals surface area contributed by atoms with Crippen molar-refractivity contribution in [2.24, 2.45) is 0 Å². The largest absolute Gasteiger partial charge is 0.497 e. The number of halogens is 1. The molecule has 5 nitrogen and oxygen atoms in total. The fourth-order valence-corrected chi connectivity index (χ4v) is 2.28. The number of carboxylic acids is 1. The molecule has 0 spiro atoms. The third-order valence-electron chi connectivity index (χ3n) is 3.26. The highest BCUT2D eigenvalue weighted by Crippen LogP contribution is 2.22. The Morgan fingerprint density at radius 1 is 1.22 bits per heavy atom. The van der Waals surface area contributed by atoms with Crippen molar-refractivity contribution in [1.29, 1.82) is 0 Å². The molecule has 6 heteroatoms. The number of carbonyl (C=O) groups excluding carboxylic acids is 1. The Labute approximate surface area is 138 Å². The lowest BCUT2D eigenvalue weighted by Crippen LogP contribution is -2.15. The topological polar surface area (TPSA) is 75.6 Å². The van der Waals surface area contributed by atoms with Gasteiger partial charge in [0.1, 0.15) is 5.75 Å². The zero-order chi connectivity index (χ0) is 16.8. The molecule has 0 unspecified atom stereocenters. The van der Waals surface area contributed by atoms with Gasteiger partial charge in [-0.05, 0) is 42.3 Å². The van der Waals surface area contributed by atoms with E-state index < -0.39 is 5.97 Å². The van der Waals surface area contributed by atoms with Crippen molar-refractivity contribution in [3.8, 4) is 5.75 Å². The maximum Gasteiger partial charge on any atom is 0.337 e. The molecule has 0 bridgehead atoms. The van der Waals surface area contributed by atoms with Gasteiger partial charge in [-0.25, -0.2) is 4.79 Å². The molecule has 120 valence electrons. The van der Waals surface area contributed by atoms with Crippen LogP contribution in [0.4, 0.5) is 5.69 Å². The van der Waals surface area contributed by atoms with Crippen molar-refractivity contribution in [3.63, 3.8) is 0 Å². The predicted molar refractivity (Wildman–Crippen MR) is 88.4 cm³/mol. The first-order chi connectivity index (χ1) is 11.0. The summed E-state index contributed by atoms with van der Waals surface area (Å²) in [5, 5.41) is 12.1. The highest BCUT2D eigenvalue weighted by atomic mass is 35.5. The lowest BCUT2D eigenvalue weighted by molar-refractivity contribution is -0.116. The van der Waals surface area contributed by atoms with Crippen molar-refractivity contribution < 1.29 is 19.4 Å². The third kappa shape index (κ3) is 4.72. The van der Waals surface area contributed by atoms with E-state index in [1.165, 1.54) is 18.2 Å². The lowest BCUT2D eigenvalue weighted by Gasteiger charge is -2.09. The van der Waals surface area contributed by atoms with Crippen LogP contribution in [-0.4, -0.2) is 24.1 Å². The second-order valence-corrected chi connectivity index (χ2v) is 5.33. The minimum Gasteiger partial charge on any atom is -0.497 e. The summed E-state index contributed by atoms with van der Waals surface area (Å²) in [4.78, 5) is 23.2. The molecule has 0 fully saturated rings. The number of benzene rings is 2. The van der Waals surface area contributed by atoms with Crippen LogP contribution in [0.3, 0.4) is 0 Å². The van der Waals surface area contributed by atoms with Crippen LogP contribution in [0.25, 0.3) is 0 Å². The number of methoxy groups -OCH3 is 1. The molecule has 2 aromatic rings. The van der Waals surface area contributed by atoms with Crippen molar-refractivity contribution in [1.82, 2.24) is 0 Å². The third-order valence-corrected chi connectivity index (χ3v) is 3.50. The van der Waals surface area contributed by atoms with Gasteiger partial charge >= 0.3 is 5.97 Å². The zero-order valence-corrected chi connectivity index (χ0v) is 13.3. The summed E-state index contributed by atoms with van der Waals surface area (Å²) >= 11 is 5.85. The average Bonchev–Trinajstić information content (AvgIpc) is 2.53. The molecule has 0 aromatic heterocycles. The molecule has 2 N–H and O–H groups in total. The monoisotopic (exact) mass is 333 g/mol. The molecule has 2 aromatic carbocycles. The fourth-order valence-electron chi connectivity index (χ4n) is 2.10. The molecular formula is C17H16ClNO4. The lowest BCUT2D eigenvalue weighted by atomic mass is 10.1. The van der Waals surface area contributed by atoms with E-state index in [-0.39, 0.29) is 23.6 Å². The Morgan fingerprint density at radius 3 is 2.70 bits per heavy atom. The normalized spacial score (nSPS) is 10.2. The van der Waals surface area contributed by atoms with Gasteiger partial charge in [-0.2, -0.15) is 0 Å². The van der Waals surface area contributed by atoms with E-state index in [2.05, 4.69) is 5.32 Å². The average molecular weight is 334 g/mol. The number of aryl methyl sites for hydroxylation is 1. The Balaban J connectivity index is 2.02. The second kappa shape index (κ2) is 7.65. The highest BCUT2D eigenvalue weighted by molar-refractivity contribution is 6.31. The SMILES string of the molecule is COc1cccc(CCC(=O)Nc2cc(Cl)ccc2C(=O)O)c1. The molecule has 0 heterocycles. The number of amides is 1. The van der Waals surface area contributed by atoms with Gasteiger partial charge in [-0.1, -0.05) is 23.7 Å². The van der Waals surface area contributed by atoms with Crippen molar-refractivity contribution >= 4 is 29.2 Å². The molecule has 0 atom stereocenters. The summed E-state index contributed by atoms with van der Waals surface area (Å²) in [7, 11) is 1.58. The summed E-state index contributed by atoms with van der Waals surface area (Å²) in [5.41, 5.74) is 1.16. The standard InChI is InChI=1S/C17H16ClNO4/c1-23-13-4-2-3-11(9-13)5-8-16(20)19-15-10-12(18)6-7-14(15)17(21)22/h2-4,6-7,9-10H,5,8H2,1H3,(H,19,20)(H,21,22). The van der Waals surface area contributed by atoms with Crippen LogP contribution in [0.2, 0.25) is 5.02 Å². The first-order valence-corrected chi connectivity index (χ1v) is 7.33. The van der Waals surface area contributed by atoms with E-state index in [1.807, 2.05) is 24.3 Å². The Morgan fingerprint density at radius 2 is 2.00 bits per heavy atom. The molecule has 2 rings (SSSR count). The smallest absolute Gasteiger partial charge is 0.337 e. The highest BCUT2D eigenvalue weighted by Gasteiger charge is 2.13. The predicted octanol–water partition coefficient (Wildman–Crippen LogP) is 3.62. The number of rotatable bonds is 6. The van der Waals surface area contributed by atoms with Crippen LogP contribution < -0.4 is 10.1 Å². The molecule has 0 aliphatic carbocycles. The number of carbonyl (C=O) groups is 2.